The van der Waals surface area contributed by atoms with Crippen LogP contribution in [0.4, 0.5) is 5.69 Å². The van der Waals surface area contributed by atoms with E-state index in [9.17, 15) is 18.0 Å². The van der Waals surface area contributed by atoms with Gasteiger partial charge in [-0.15, -0.1) is 0 Å². The van der Waals surface area contributed by atoms with Gasteiger partial charge in [0.15, 0.2) is 0 Å². The van der Waals surface area contributed by atoms with Crippen LogP contribution in [-0.2, 0) is 26.2 Å². The Morgan fingerprint density at radius 2 is 1.55 bits per heavy atom. The Kier molecular flexibility index (Phi) is 10.8. The van der Waals surface area contributed by atoms with Gasteiger partial charge in [0.25, 0.3) is 10.0 Å². The Labute approximate surface area is 246 Å². The molecule has 0 spiro atoms. The maximum atomic E-state index is 13.9. The van der Waals surface area contributed by atoms with Gasteiger partial charge < -0.3 is 10.2 Å². The minimum atomic E-state index is -4.07. The van der Waals surface area contributed by atoms with E-state index in [0.29, 0.717) is 5.69 Å². The van der Waals surface area contributed by atoms with E-state index in [1.54, 1.807) is 49.4 Å². The van der Waals surface area contributed by atoms with Crippen LogP contribution in [0.15, 0.2) is 88.2 Å². The number of halogens is 2. The van der Waals surface area contributed by atoms with Gasteiger partial charge in [0.2, 0.25) is 11.8 Å². The van der Waals surface area contributed by atoms with E-state index in [2.05, 4.69) is 43.8 Å². The van der Waals surface area contributed by atoms with Crippen molar-refractivity contribution in [3.63, 3.8) is 0 Å². The molecule has 7 nitrogen and oxygen atoms in total. The second kappa shape index (κ2) is 13.6. The normalized spacial score (nSPS) is 12.9. The van der Waals surface area contributed by atoms with Crippen LogP contribution in [0.2, 0.25) is 0 Å². The molecule has 0 bridgehead atoms. The monoisotopic (exact) mass is 711 g/mol. The summed E-state index contributed by atoms with van der Waals surface area (Å²) in [5, 5.41) is 2.93. The molecule has 0 unspecified atom stereocenters. The van der Waals surface area contributed by atoms with Gasteiger partial charge in [0.1, 0.15) is 12.6 Å². The molecule has 202 valence electrons. The topological polar surface area (TPSA) is 86.8 Å². The minimum Gasteiger partial charge on any atom is -0.352 e. The van der Waals surface area contributed by atoms with Crippen molar-refractivity contribution in [2.24, 2.45) is 0 Å². The fraction of sp³-hybridized carbons (Fsp3) is 0.286. The zero-order valence-electron chi connectivity index (χ0n) is 21.5. The molecule has 3 aromatic rings. The predicted octanol–water partition coefficient (Wildman–Crippen LogP) is 5.58. The third-order valence-electron chi connectivity index (χ3n) is 6.16. The zero-order chi connectivity index (χ0) is 27.9. The highest BCUT2D eigenvalue weighted by Crippen LogP contribution is 2.25. The van der Waals surface area contributed by atoms with Gasteiger partial charge in [-0.3, -0.25) is 13.9 Å². The Morgan fingerprint density at radius 1 is 0.947 bits per heavy atom. The Bertz CT molecular complexity index is 1340. The van der Waals surface area contributed by atoms with E-state index in [0.717, 1.165) is 24.3 Å². The number of nitrogens with one attached hydrogen (secondary N) is 1. The van der Waals surface area contributed by atoms with Gasteiger partial charge in [-0.1, -0.05) is 53.2 Å². The standard InChI is InChI=1S/C28H31BrIN3O4S/c1-4-20(2)31-28(35)21(3)32(18-22-10-12-23(29)13-11-22)27(34)19-33(25-16-14-24(30)15-17-25)38(36,37)26-8-6-5-7-9-26/h5-17,20-21H,4,18-19H2,1-3H3,(H,31,35)/t20-,21+/m1/s1. The fourth-order valence-electron chi connectivity index (χ4n) is 3.69. The number of carbonyl (C=O) groups is 2. The number of anilines is 1. The van der Waals surface area contributed by atoms with Crippen LogP contribution in [-0.4, -0.2) is 43.8 Å². The predicted molar refractivity (Wildman–Crippen MR) is 162 cm³/mol. The minimum absolute atomic E-state index is 0.0590. The third-order valence-corrected chi connectivity index (χ3v) is 9.20. The van der Waals surface area contributed by atoms with Crippen molar-refractivity contribution in [1.29, 1.82) is 0 Å². The van der Waals surface area contributed by atoms with Gasteiger partial charge in [0, 0.05) is 20.6 Å². The van der Waals surface area contributed by atoms with Crippen LogP contribution in [0.3, 0.4) is 0 Å². The quantitative estimate of drug-likeness (QED) is 0.263. The molecule has 3 aromatic carbocycles. The number of benzene rings is 3. The van der Waals surface area contributed by atoms with E-state index in [4.69, 9.17) is 0 Å². The summed E-state index contributed by atoms with van der Waals surface area (Å²) in [6, 6.07) is 21.5. The largest absolute Gasteiger partial charge is 0.352 e. The molecule has 38 heavy (non-hydrogen) atoms. The zero-order valence-corrected chi connectivity index (χ0v) is 26.0. The molecule has 0 heterocycles. The van der Waals surface area contributed by atoms with Crippen LogP contribution < -0.4 is 9.62 Å². The first kappa shape index (κ1) is 30.1. The van der Waals surface area contributed by atoms with Gasteiger partial charge in [-0.05, 0) is 97.0 Å². The van der Waals surface area contributed by atoms with E-state index in [1.165, 1.54) is 17.0 Å². The van der Waals surface area contributed by atoms with Crippen molar-refractivity contribution in [1.82, 2.24) is 10.2 Å². The SMILES string of the molecule is CC[C@@H](C)NC(=O)[C@H](C)N(Cc1ccc(Br)cc1)C(=O)CN(c1ccc(I)cc1)S(=O)(=O)c1ccccc1. The molecule has 0 saturated heterocycles. The summed E-state index contributed by atoms with van der Waals surface area (Å²) in [5.74, 6) is -0.783. The second-order valence-electron chi connectivity index (χ2n) is 8.94. The Morgan fingerprint density at radius 3 is 2.13 bits per heavy atom. The molecule has 10 heteroatoms. The number of rotatable bonds is 11. The lowest BCUT2D eigenvalue weighted by Crippen LogP contribution is -2.52. The van der Waals surface area contributed by atoms with Crippen LogP contribution in [0.1, 0.15) is 32.8 Å². The lowest BCUT2D eigenvalue weighted by atomic mass is 10.1. The van der Waals surface area contributed by atoms with Crippen molar-refractivity contribution >= 4 is 66.0 Å². The third kappa shape index (κ3) is 7.79. The number of hydrogen-bond acceptors (Lipinski definition) is 4. The fourth-order valence-corrected chi connectivity index (χ4v) is 5.75. The lowest BCUT2D eigenvalue weighted by molar-refractivity contribution is -0.139. The van der Waals surface area contributed by atoms with Crippen molar-refractivity contribution in [3.8, 4) is 0 Å². The highest BCUT2D eigenvalue weighted by atomic mass is 127. The summed E-state index contributed by atoms with van der Waals surface area (Å²) < 4.78 is 30.4. The van der Waals surface area contributed by atoms with Gasteiger partial charge in [0.05, 0.1) is 10.6 Å². The van der Waals surface area contributed by atoms with Crippen LogP contribution in [0.5, 0.6) is 0 Å². The average molecular weight is 712 g/mol. The number of sulfonamides is 1. The van der Waals surface area contributed by atoms with Gasteiger partial charge >= 0.3 is 0 Å². The first-order chi connectivity index (χ1) is 18.0. The van der Waals surface area contributed by atoms with E-state index < -0.39 is 28.5 Å². The number of hydrogen-bond donors (Lipinski definition) is 1. The van der Waals surface area contributed by atoms with Crippen molar-refractivity contribution in [2.75, 3.05) is 10.8 Å². The van der Waals surface area contributed by atoms with Crippen LogP contribution >= 0.6 is 38.5 Å². The summed E-state index contributed by atoms with van der Waals surface area (Å²) in [4.78, 5) is 28.5. The molecular formula is C28H31BrIN3O4S. The van der Waals surface area contributed by atoms with Crippen LogP contribution in [0, 0.1) is 3.57 Å². The van der Waals surface area contributed by atoms with E-state index >= 15 is 0 Å². The molecule has 0 aliphatic heterocycles. The van der Waals surface area contributed by atoms with Crippen LogP contribution in [0.25, 0.3) is 0 Å². The first-order valence-electron chi connectivity index (χ1n) is 12.2. The van der Waals surface area contributed by atoms with E-state index in [-0.39, 0.29) is 23.4 Å². The summed E-state index contributed by atoms with van der Waals surface area (Å²) in [6.07, 6.45) is 0.745. The molecule has 3 rings (SSSR count). The Balaban J connectivity index is 2.00. The van der Waals surface area contributed by atoms with Gasteiger partial charge in [-0.25, -0.2) is 8.42 Å². The summed E-state index contributed by atoms with van der Waals surface area (Å²) >= 11 is 5.56. The summed E-state index contributed by atoms with van der Waals surface area (Å²) in [7, 11) is -4.07. The maximum absolute atomic E-state index is 13.9. The Hall–Kier alpha value is -2.44. The molecule has 0 fully saturated rings. The molecule has 0 aliphatic carbocycles. The first-order valence-corrected chi connectivity index (χ1v) is 15.5. The average Bonchev–Trinajstić information content (AvgIpc) is 2.91. The molecule has 0 aromatic heterocycles. The molecule has 1 N–H and O–H groups in total. The summed E-state index contributed by atoms with van der Waals surface area (Å²) in [5.41, 5.74) is 1.18. The van der Waals surface area contributed by atoms with Crippen molar-refractivity contribution in [3.05, 3.63) is 92.5 Å². The lowest BCUT2D eigenvalue weighted by Gasteiger charge is -2.32. The highest BCUT2D eigenvalue weighted by Gasteiger charge is 2.32. The molecule has 0 radical (unpaired) electrons. The molecule has 0 saturated carbocycles. The van der Waals surface area contributed by atoms with Crippen molar-refractivity contribution in [2.45, 2.75) is 50.7 Å². The maximum Gasteiger partial charge on any atom is 0.264 e. The van der Waals surface area contributed by atoms with Crippen molar-refractivity contribution < 1.29 is 18.0 Å². The summed E-state index contributed by atoms with van der Waals surface area (Å²) in [6.45, 7) is 5.21. The van der Waals surface area contributed by atoms with E-state index in [1.807, 2.05) is 38.1 Å². The number of nitrogens with zero attached hydrogens (tertiary/aromatic N) is 2. The molecule has 2 amide bonds. The smallest absolute Gasteiger partial charge is 0.264 e. The second-order valence-corrected chi connectivity index (χ2v) is 13.0. The number of amides is 2. The highest BCUT2D eigenvalue weighted by molar-refractivity contribution is 14.1. The molecular weight excluding hydrogens is 681 g/mol. The molecule has 0 aliphatic rings. The van der Waals surface area contributed by atoms with Gasteiger partial charge in [-0.2, -0.15) is 0 Å². The number of carbonyl (C=O) groups excluding carboxylic acids is 2. The molecule has 2 atom stereocenters.